The van der Waals surface area contributed by atoms with Gasteiger partial charge in [-0.25, -0.2) is 27.8 Å². The van der Waals surface area contributed by atoms with Crippen LogP contribution in [0.15, 0.2) is 49.3 Å². The molecule has 3 aromatic heterocycles. The first-order valence-corrected chi connectivity index (χ1v) is 11.5. The Balaban J connectivity index is 1.46. The van der Waals surface area contributed by atoms with Crippen LogP contribution in [0.5, 0.6) is 0 Å². The Kier molecular flexibility index (Phi) is 5.92. The van der Waals surface area contributed by atoms with Crippen molar-refractivity contribution in [3.05, 3.63) is 82.9 Å². The molecule has 0 saturated heterocycles. The van der Waals surface area contributed by atoms with Crippen LogP contribution in [0.4, 0.5) is 13.2 Å². The highest BCUT2D eigenvalue weighted by molar-refractivity contribution is 7.15. The zero-order valence-electron chi connectivity index (χ0n) is 18.2. The van der Waals surface area contributed by atoms with Gasteiger partial charge in [-0.2, -0.15) is 5.10 Å². The average molecular weight is 487 g/mol. The molecule has 34 heavy (non-hydrogen) atoms. The molecule has 11 heteroatoms. The van der Waals surface area contributed by atoms with Gasteiger partial charge in [-0.05, 0) is 19.1 Å². The molecule has 0 fully saturated rings. The summed E-state index contributed by atoms with van der Waals surface area (Å²) in [6, 6.07) is 4.01. The summed E-state index contributed by atoms with van der Waals surface area (Å²) in [5, 5.41) is 16.6. The van der Waals surface area contributed by atoms with Crippen LogP contribution in [0, 0.1) is 17.5 Å². The van der Waals surface area contributed by atoms with E-state index in [-0.39, 0.29) is 12.1 Å². The number of hydrogen-bond acceptors (Lipinski definition) is 7. The monoisotopic (exact) mass is 486 g/mol. The predicted octanol–water partition coefficient (Wildman–Crippen LogP) is 3.55. The highest BCUT2D eigenvalue weighted by Crippen LogP contribution is 2.37. The smallest absolute Gasteiger partial charge is 0.142 e. The summed E-state index contributed by atoms with van der Waals surface area (Å²) in [7, 11) is 0. The predicted molar refractivity (Wildman–Crippen MR) is 119 cm³/mol. The lowest BCUT2D eigenvalue weighted by atomic mass is 9.85. The molecule has 0 spiro atoms. The second-order valence-electron chi connectivity index (χ2n) is 8.32. The van der Waals surface area contributed by atoms with Gasteiger partial charge in [0, 0.05) is 53.8 Å². The Hall–Kier alpha value is -3.15. The minimum absolute atomic E-state index is 0.0153. The molecule has 1 N–H and O–H groups in total. The van der Waals surface area contributed by atoms with Gasteiger partial charge in [0.1, 0.15) is 40.7 Å². The number of fused-ring (bicyclic) bond motifs is 1. The lowest BCUT2D eigenvalue weighted by Crippen LogP contribution is -2.53. The quantitative estimate of drug-likeness (QED) is 0.449. The van der Waals surface area contributed by atoms with E-state index in [0.717, 1.165) is 28.9 Å². The zero-order valence-corrected chi connectivity index (χ0v) is 19.0. The highest BCUT2D eigenvalue weighted by Gasteiger charge is 2.43. The molecule has 1 aliphatic heterocycles. The molecule has 176 valence electrons. The maximum Gasteiger partial charge on any atom is 0.142 e. The van der Waals surface area contributed by atoms with Crippen LogP contribution in [0.2, 0.25) is 0 Å². The van der Waals surface area contributed by atoms with E-state index in [2.05, 4.69) is 20.1 Å². The number of halogens is 3. The summed E-state index contributed by atoms with van der Waals surface area (Å²) < 4.78 is 43.5. The lowest BCUT2D eigenvalue weighted by molar-refractivity contribution is -0.0675. The summed E-state index contributed by atoms with van der Waals surface area (Å²) in [6.45, 7) is 2.78. The van der Waals surface area contributed by atoms with E-state index >= 15 is 0 Å². The normalized spacial score (nSPS) is 16.7. The van der Waals surface area contributed by atoms with E-state index in [1.807, 2.05) is 11.8 Å². The summed E-state index contributed by atoms with van der Waals surface area (Å²) in [6.07, 6.45) is 6.10. The summed E-state index contributed by atoms with van der Waals surface area (Å²) in [4.78, 5) is 15.5. The molecule has 1 aliphatic rings. The molecule has 5 rings (SSSR count). The third-order valence-electron chi connectivity index (χ3n) is 6.22. The number of benzene rings is 1. The minimum Gasteiger partial charge on any atom is -0.381 e. The third kappa shape index (κ3) is 4.22. The maximum atomic E-state index is 14.9. The molecule has 0 saturated carbocycles. The van der Waals surface area contributed by atoms with Crippen molar-refractivity contribution in [1.29, 1.82) is 0 Å². The van der Waals surface area contributed by atoms with Crippen molar-refractivity contribution in [2.24, 2.45) is 0 Å². The number of rotatable bonds is 6. The first-order chi connectivity index (χ1) is 16.3. The molecule has 7 nitrogen and oxygen atoms in total. The molecule has 4 aromatic rings. The Morgan fingerprint density at radius 2 is 2.00 bits per heavy atom. The van der Waals surface area contributed by atoms with Crippen molar-refractivity contribution in [1.82, 2.24) is 29.6 Å². The van der Waals surface area contributed by atoms with Crippen LogP contribution in [-0.2, 0) is 25.1 Å². The summed E-state index contributed by atoms with van der Waals surface area (Å²) in [5.74, 6) is -1.98. The first kappa shape index (κ1) is 22.6. The lowest BCUT2D eigenvalue weighted by Gasteiger charge is -2.42. The van der Waals surface area contributed by atoms with E-state index in [4.69, 9.17) is 0 Å². The highest BCUT2D eigenvalue weighted by atomic mass is 32.1. The topological polar surface area (TPSA) is 80.0 Å². The summed E-state index contributed by atoms with van der Waals surface area (Å²) in [5.41, 5.74) is -0.211. The maximum absolute atomic E-state index is 14.9. The Bertz CT molecular complexity index is 1310. The van der Waals surface area contributed by atoms with Crippen LogP contribution in [0.1, 0.15) is 23.1 Å². The second-order valence-corrected chi connectivity index (χ2v) is 9.40. The van der Waals surface area contributed by atoms with Crippen LogP contribution in [0.25, 0.3) is 10.6 Å². The van der Waals surface area contributed by atoms with Gasteiger partial charge < -0.3 is 5.11 Å². The molecule has 4 heterocycles. The molecular formula is C23H21F3N6OS. The van der Waals surface area contributed by atoms with Crippen molar-refractivity contribution in [3.8, 4) is 10.6 Å². The number of thiazole rings is 1. The standard InChI is InChI=1S/C23H21F3N6OS/c1-14(23(33,11-32-13-28-12-29-32)18-3-2-16(24)7-19(18)26)31-5-4-20-21(10-31)34-22(30-20)15-6-17(25)9-27-8-15/h2-3,6-9,12-14,33H,4-5,10-11H2,1H3/t14-,23-/m1/s1. The van der Waals surface area contributed by atoms with Gasteiger partial charge in [0.05, 0.1) is 18.4 Å². The van der Waals surface area contributed by atoms with Crippen LogP contribution >= 0.6 is 11.3 Å². The third-order valence-corrected chi connectivity index (χ3v) is 7.35. The van der Waals surface area contributed by atoms with E-state index in [1.165, 1.54) is 40.8 Å². The minimum atomic E-state index is -1.72. The van der Waals surface area contributed by atoms with Gasteiger partial charge in [-0.1, -0.05) is 6.07 Å². The summed E-state index contributed by atoms with van der Waals surface area (Å²) >= 11 is 1.44. The average Bonchev–Trinajstić information content (AvgIpc) is 3.47. The van der Waals surface area contributed by atoms with Crippen molar-refractivity contribution in [2.45, 2.75) is 38.1 Å². The molecule has 0 unspecified atom stereocenters. The Morgan fingerprint density at radius 3 is 2.74 bits per heavy atom. The van der Waals surface area contributed by atoms with Gasteiger partial charge in [-0.3, -0.25) is 9.88 Å². The Labute approximate surface area is 197 Å². The molecular weight excluding hydrogens is 465 g/mol. The van der Waals surface area contributed by atoms with E-state index in [1.54, 1.807) is 6.20 Å². The van der Waals surface area contributed by atoms with Gasteiger partial charge in [0.2, 0.25) is 0 Å². The fraction of sp³-hybridized carbons (Fsp3) is 0.304. The number of pyridine rings is 1. The fourth-order valence-corrected chi connectivity index (χ4v) is 5.46. The van der Waals surface area contributed by atoms with Crippen LogP contribution in [0.3, 0.4) is 0 Å². The van der Waals surface area contributed by atoms with Crippen LogP contribution < -0.4 is 0 Å². The second kappa shape index (κ2) is 8.90. The zero-order chi connectivity index (χ0) is 23.9. The number of nitrogens with zero attached hydrogens (tertiary/aromatic N) is 6. The first-order valence-electron chi connectivity index (χ1n) is 10.7. The van der Waals surface area contributed by atoms with Gasteiger partial charge in [0.15, 0.2) is 0 Å². The van der Waals surface area contributed by atoms with Crippen molar-refractivity contribution >= 4 is 11.3 Å². The van der Waals surface area contributed by atoms with Crippen molar-refractivity contribution < 1.29 is 18.3 Å². The molecule has 0 radical (unpaired) electrons. The number of hydrogen-bond donors (Lipinski definition) is 1. The molecule has 0 bridgehead atoms. The molecule has 0 aliphatic carbocycles. The largest absolute Gasteiger partial charge is 0.381 e. The molecule has 1 aromatic carbocycles. The van der Waals surface area contributed by atoms with Gasteiger partial charge in [-0.15, -0.1) is 11.3 Å². The van der Waals surface area contributed by atoms with Crippen LogP contribution in [-0.4, -0.2) is 47.3 Å². The van der Waals surface area contributed by atoms with E-state index < -0.39 is 29.1 Å². The van der Waals surface area contributed by atoms with E-state index in [9.17, 15) is 18.3 Å². The number of aliphatic hydroxyl groups is 1. The van der Waals surface area contributed by atoms with Crippen molar-refractivity contribution in [2.75, 3.05) is 6.54 Å². The van der Waals surface area contributed by atoms with E-state index in [0.29, 0.717) is 30.1 Å². The van der Waals surface area contributed by atoms with Gasteiger partial charge in [0.25, 0.3) is 0 Å². The Morgan fingerprint density at radius 1 is 1.15 bits per heavy atom. The number of aromatic nitrogens is 5. The fourth-order valence-electron chi connectivity index (χ4n) is 4.34. The SMILES string of the molecule is C[C@@H](N1CCc2nc(-c3cncc(F)c3)sc2C1)[C@](O)(Cn1cncn1)c1ccc(F)cc1F. The van der Waals surface area contributed by atoms with Crippen molar-refractivity contribution in [3.63, 3.8) is 0 Å². The van der Waals surface area contributed by atoms with Gasteiger partial charge >= 0.3 is 0 Å². The molecule has 2 atom stereocenters. The molecule has 0 amide bonds.